The monoisotopic (exact) mass is 498 g/mol. The highest BCUT2D eigenvalue weighted by Gasteiger charge is 2.15. The van der Waals surface area contributed by atoms with E-state index in [0.29, 0.717) is 11.6 Å². The standard InChI is InChI=1S/C14H14Br3ClN2O/c1-3-11-13(18)12(20(2)19-11)7-21-14-9(16)4-8(6-15)5-10(14)17/h4-5H,3,6-7H2,1-2H3. The topological polar surface area (TPSA) is 27.1 Å². The lowest BCUT2D eigenvalue weighted by Crippen LogP contribution is -2.04. The average molecular weight is 501 g/mol. The highest BCUT2D eigenvalue weighted by atomic mass is 79.9. The normalized spacial score (nSPS) is 11.0. The van der Waals surface area contributed by atoms with Crippen LogP contribution in [-0.4, -0.2) is 9.78 Å². The molecule has 0 N–H and O–H groups in total. The first-order valence-electron chi connectivity index (χ1n) is 6.34. The van der Waals surface area contributed by atoms with Gasteiger partial charge in [-0.3, -0.25) is 4.68 Å². The minimum atomic E-state index is 0.368. The van der Waals surface area contributed by atoms with Crippen LogP contribution in [0.1, 0.15) is 23.9 Å². The number of aromatic nitrogens is 2. The van der Waals surface area contributed by atoms with Crippen LogP contribution in [0.3, 0.4) is 0 Å². The minimum absolute atomic E-state index is 0.368. The molecular formula is C14H14Br3ClN2O. The summed E-state index contributed by atoms with van der Waals surface area (Å²) in [5.74, 6) is 0.759. The Morgan fingerprint density at radius 1 is 1.29 bits per heavy atom. The van der Waals surface area contributed by atoms with Crippen molar-refractivity contribution in [3.8, 4) is 5.75 Å². The Hall–Kier alpha value is -0.0400. The van der Waals surface area contributed by atoms with Crippen LogP contribution in [0, 0.1) is 0 Å². The molecule has 0 aliphatic heterocycles. The van der Waals surface area contributed by atoms with Gasteiger partial charge in [0, 0.05) is 12.4 Å². The van der Waals surface area contributed by atoms with Crippen LogP contribution in [-0.2, 0) is 25.4 Å². The summed E-state index contributed by atoms with van der Waals surface area (Å²) in [6.07, 6.45) is 0.806. The van der Waals surface area contributed by atoms with E-state index in [-0.39, 0.29) is 0 Å². The molecule has 0 bridgehead atoms. The van der Waals surface area contributed by atoms with Crippen molar-refractivity contribution in [2.75, 3.05) is 0 Å². The van der Waals surface area contributed by atoms with E-state index < -0.39 is 0 Å². The highest BCUT2D eigenvalue weighted by Crippen LogP contribution is 2.36. The number of aryl methyl sites for hydroxylation is 2. The summed E-state index contributed by atoms with van der Waals surface area (Å²) in [5, 5.41) is 5.86. The highest BCUT2D eigenvalue weighted by molar-refractivity contribution is 9.11. The number of halogens is 4. The van der Waals surface area contributed by atoms with E-state index in [1.165, 1.54) is 0 Å². The molecular weight excluding hydrogens is 487 g/mol. The maximum Gasteiger partial charge on any atom is 0.148 e. The number of hydrogen-bond acceptors (Lipinski definition) is 2. The fourth-order valence-electron chi connectivity index (χ4n) is 1.94. The molecule has 1 aromatic heterocycles. The molecule has 0 spiro atoms. The van der Waals surface area contributed by atoms with Crippen LogP contribution < -0.4 is 4.74 Å². The molecule has 0 unspecified atom stereocenters. The number of rotatable bonds is 5. The van der Waals surface area contributed by atoms with E-state index in [1.54, 1.807) is 4.68 Å². The molecule has 0 fully saturated rings. The van der Waals surface area contributed by atoms with E-state index in [1.807, 2.05) is 26.1 Å². The van der Waals surface area contributed by atoms with Gasteiger partial charge in [-0.1, -0.05) is 34.5 Å². The molecule has 3 nitrogen and oxygen atoms in total. The molecule has 0 saturated heterocycles. The summed E-state index contributed by atoms with van der Waals surface area (Å²) in [6, 6.07) is 4.05. The van der Waals surface area contributed by atoms with E-state index in [2.05, 4.69) is 52.9 Å². The largest absolute Gasteiger partial charge is 0.485 e. The Balaban J connectivity index is 2.23. The third-order valence-corrected chi connectivity index (χ3v) is 5.33. The molecule has 114 valence electrons. The molecule has 0 amide bonds. The van der Waals surface area contributed by atoms with Gasteiger partial charge in [0.25, 0.3) is 0 Å². The van der Waals surface area contributed by atoms with Gasteiger partial charge in [-0.2, -0.15) is 5.10 Å². The van der Waals surface area contributed by atoms with Crippen molar-refractivity contribution < 1.29 is 4.74 Å². The second-order valence-electron chi connectivity index (χ2n) is 4.50. The zero-order chi connectivity index (χ0) is 15.6. The SMILES string of the molecule is CCc1nn(C)c(COc2c(Br)cc(CBr)cc2Br)c1Cl. The molecule has 7 heteroatoms. The molecule has 2 rings (SSSR count). The van der Waals surface area contributed by atoms with Gasteiger partial charge in [0.05, 0.1) is 25.4 Å². The van der Waals surface area contributed by atoms with Gasteiger partial charge in [-0.05, 0) is 56.0 Å². The summed E-state index contributed by atoms with van der Waals surface area (Å²) in [4.78, 5) is 0. The van der Waals surface area contributed by atoms with Crippen molar-refractivity contribution in [3.05, 3.63) is 43.1 Å². The predicted octanol–water partition coefficient (Wildman–Crippen LogP) is 5.63. The van der Waals surface area contributed by atoms with Gasteiger partial charge >= 0.3 is 0 Å². The summed E-state index contributed by atoms with van der Waals surface area (Å²) in [5.41, 5.74) is 2.93. The second-order valence-corrected chi connectivity index (χ2v) is 7.14. The molecule has 21 heavy (non-hydrogen) atoms. The molecule has 0 aliphatic carbocycles. The van der Waals surface area contributed by atoms with E-state index in [0.717, 1.165) is 43.4 Å². The molecule has 1 heterocycles. The fourth-order valence-corrected chi connectivity index (χ4v) is 4.13. The molecule has 0 saturated carbocycles. The fraction of sp³-hybridized carbons (Fsp3) is 0.357. The Morgan fingerprint density at radius 2 is 1.90 bits per heavy atom. The Morgan fingerprint density at radius 3 is 2.38 bits per heavy atom. The van der Waals surface area contributed by atoms with Gasteiger partial charge in [-0.25, -0.2) is 0 Å². The van der Waals surface area contributed by atoms with Gasteiger partial charge in [0.15, 0.2) is 0 Å². The summed E-state index contributed by atoms with van der Waals surface area (Å²) < 4.78 is 9.50. The summed E-state index contributed by atoms with van der Waals surface area (Å²) in [6.45, 7) is 2.40. The second kappa shape index (κ2) is 7.49. The summed E-state index contributed by atoms with van der Waals surface area (Å²) >= 11 is 16.8. The van der Waals surface area contributed by atoms with E-state index in [9.17, 15) is 0 Å². The van der Waals surface area contributed by atoms with Crippen molar-refractivity contribution in [1.29, 1.82) is 0 Å². The Labute approximate surface area is 154 Å². The Bertz CT molecular complexity index is 635. The number of benzene rings is 1. The number of nitrogens with zero attached hydrogens (tertiary/aromatic N) is 2. The first-order valence-corrected chi connectivity index (χ1v) is 9.43. The molecule has 0 aliphatic rings. The molecule has 0 radical (unpaired) electrons. The lowest BCUT2D eigenvalue weighted by Gasteiger charge is -2.12. The van der Waals surface area contributed by atoms with Gasteiger partial charge in [0.2, 0.25) is 0 Å². The first-order chi connectivity index (χ1) is 9.97. The van der Waals surface area contributed by atoms with Crippen LogP contribution >= 0.6 is 59.4 Å². The van der Waals surface area contributed by atoms with Crippen LogP contribution in [0.2, 0.25) is 5.02 Å². The summed E-state index contributed by atoms with van der Waals surface area (Å²) in [7, 11) is 1.88. The number of alkyl halides is 1. The van der Waals surface area contributed by atoms with E-state index in [4.69, 9.17) is 16.3 Å². The third kappa shape index (κ3) is 3.84. The van der Waals surface area contributed by atoms with E-state index >= 15 is 0 Å². The lowest BCUT2D eigenvalue weighted by molar-refractivity contribution is 0.291. The van der Waals surface area contributed by atoms with Gasteiger partial charge < -0.3 is 4.74 Å². The maximum absolute atomic E-state index is 6.33. The van der Waals surface area contributed by atoms with Crippen LogP contribution in [0.15, 0.2) is 21.1 Å². The maximum atomic E-state index is 6.33. The Kier molecular flexibility index (Phi) is 6.17. The average Bonchev–Trinajstić information content (AvgIpc) is 2.72. The zero-order valence-electron chi connectivity index (χ0n) is 11.6. The smallest absolute Gasteiger partial charge is 0.148 e. The van der Waals surface area contributed by atoms with Crippen molar-refractivity contribution in [1.82, 2.24) is 9.78 Å². The zero-order valence-corrected chi connectivity index (χ0v) is 17.1. The third-order valence-electron chi connectivity index (χ3n) is 3.07. The van der Waals surface area contributed by atoms with Crippen molar-refractivity contribution in [3.63, 3.8) is 0 Å². The molecule has 1 aromatic carbocycles. The van der Waals surface area contributed by atoms with Crippen molar-refractivity contribution in [2.24, 2.45) is 7.05 Å². The van der Waals surface area contributed by atoms with Gasteiger partial charge in [-0.15, -0.1) is 0 Å². The van der Waals surface area contributed by atoms with Crippen LogP contribution in [0.4, 0.5) is 0 Å². The minimum Gasteiger partial charge on any atom is -0.485 e. The van der Waals surface area contributed by atoms with Crippen molar-refractivity contribution >= 4 is 59.4 Å². The lowest BCUT2D eigenvalue weighted by atomic mass is 10.2. The number of hydrogen-bond donors (Lipinski definition) is 0. The van der Waals surface area contributed by atoms with Crippen LogP contribution in [0.5, 0.6) is 5.75 Å². The molecule has 2 aromatic rings. The first kappa shape index (κ1) is 17.3. The predicted molar refractivity (Wildman–Crippen MR) is 96.4 cm³/mol. The van der Waals surface area contributed by atoms with Gasteiger partial charge in [0.1, 0.15) is 12.4 Å². The molecule has 0 atom stereocenters. The number of ether oxygens (including phenoxy) is 1. The quantitative estimate of drug-likeness (QED) is 0.497. The van der Waals surface area contributed by atoms with Crippen molar-refractivity contribution in [2.45, 2.75) is 25.3 Å². The van der Waals surface area contributed by atoms with Crippen LogP contribution in [0.25, 0.3) is 0 Å².